The van der Waals surface area contributed by atoms with Crippen molar-refractivity contribution in [2.45, 2.75) is 64.8 Å². The first-order chi connectivity index (χ1) is 13.5. The normalized spacial score (nSPS) is 20.8. The zero-order valence-electron chi connectivity index (χ0n) is 17.9. The van der Waals surface area contributed by atoms with Gasteiger partial charge in [-0.3, -0.25) is 9.69 Å². The number of amides is 1. The molecule has 1 aliphatic heterocycles. The van der Waals surface area contributed by atoms with E-state index in [2.05, 4.69) is 34.4 Å². The highest BCUT2D eigenvalue weighted by Crippen LogP contribution is 2.34. The molecular formula is C23H37N3OS. The number of piperazine rings is 1. The van der Waals surface area contributed by atoms with Crippen LogP contribution in [0.5, 0.6) is 0 Å². The zero-order valence-corrected chi connectivity index (χ0v) is 18.7. The Hall–Kier alpha value is -1.04. The summed E-state index contributed by atoms with van der Waals surface area (Å²) < 4.78 is 2.53. The minimum absolute atomic E-state index is 0.0829. The minimum atomic E-state index is 0.0829. The summed E-state index contributed by atoms with van der Waals surface area (Å²) in [6.45, 7) is 11.6. The monoisotopic (exact) mass is 403 g/mol. The summed E-state index contributed by atoms with van der Waals surface area (Å²) in [6.07, 6.45) is 7.55. The fraction of sp³-hybridized carbons (Fsp3) is 0.696. The van der Waals surface area contributed by atoms with Gasteiger partial charge in [-0.25, -0.2) is 4.31 Å². The summed E-state index contributed by atoms with van der Waals surface area (Å²) in [6, 6.07) is 6.10. The van der Waals surface area contributed by atoms with Crippen molar-refractivity contribution in [2.24, 2.45) is 0 Å². The number of hydrogen-bond donors (Lipinski definition) is 1. The molecule has 0 spiro atoms. The van der Waals surface area contributed by atoms with Crippen molar-refractivity contribution in [3.63, 3.8) is 0 Å². The van der Waals surface area contributed by atoms with Gasteiger partial charge in [0.1, 0.15) is 0 Å². The Balaban J connectivity index is 1.63. The molecule has 2 aliphatic rings. The number of aryl methyl sites for hydroxylation is 2. The van der Waals surface area contributed by atoms with E-state index in [-0.39, 0.29) is 11.4 Å². The van der Waals surface area contributed by atoms with Crippen LogP contribution in [-0.2, 0) is 0 Å². The molecule has 1 aliphatic carbocycles. The molecule has 1 heterocycles. The Morgan fingerprint density at radius 3 is 2.46 bits per heavy atom. The standard InChI is InChI=1S/C23H37N3OS/c1-4-16-28-26-14-12-25(13-15-26)23(10-6-5-7-11-23)18-24-22(27)21-9-8-19(2)17-20(21)3/h8-9,17H,4-7,10-16,18H2,1-3H3,(H,24,27). The molecule has 0 atom stereocenters. The highest BCUT2D eigenvalue weighted by atomic mass is 32.2. The molecule has 1 saturated heterocycles. The average molecular weight is 404 g/mol. The Kier molecular flexibility index (Phi) is 7.84. The molecule has 1 saturated carbocycles. The number of rotatable bonds is 7. The molecule has 1 amide bonds. The maximum atomic E-state index is 12.9. The molecule has 4 nitrogen and oxygen atoms in total. The van der Waals surface area contributed by atoms with E-state index >= 15 is 0 Å². The molecule has 0 unspecified atom stereocenters. The summed E-state index contributed by atoms with van der Waals surface area (Å²) in [7, 11) is 0. The molecule has 28 heavy (non-hydrogen) atoms. The van der Waals surface area contributed by atoms with Gasteiger partial charge in [0, 0.05) is 49.6 Å². The number of nitrogens with zero attached hydrogens (tertiary/aromatic N) is 2. The van der Waals surface area contributed by atoms with Crippen LogP contribution in [0.1, 0.15) is 66.9 Å². The number of hydrogen-bond acceptors (Lipinski definition) is 4. The van der Waals surface area contributed by atoms with Crippen molar-refractivity contribution in [3.05, 3.63) is 34.9 Å². The topological polar surface area (TPSA) is 35.6 Å². The van der Waals surface area contributed by atoms with Gasteiger partial charge in [0.2, 0.25) is 0 Å². The van der Waals surface area contributed by atoms with Gasteiger partial charge in [0.15, 0.2) is 0 Å². The lowest BCUT2D eigenvalue weighted by Crippen LogP contribution is -2.61. The maximum Gasteiger partial charge on any atom is 0.251 e. The molecule has 1 N–H and O–H groups in total. The minimum Gasteiger partial charge on any atom is -0.350 e. The summed E-state index contributed by atoms with van der Waals surface area (Å²) in [5.74, 6) is 1.30. The van der Waals surface area contributed by atoms with Gasteiger partial charge < -0.3 is 5.32 Å². The SMILES string of the molecule is CCCSN1CCN(C2(CNC(=O)c3ccc(C)cc3C)CCCCC2)CC1. The quantitative estimate of drug-likeness (QED) is 0.684. The molecule has 0 radical (unpaired) electrons. The predicted octanol–water partition coefficient (Wildman–Crippen LogP) is 4.41. The summed E-state index contributed by atoms with van der Waals surface area (Å²) >= 11 is 2.00. The predicted molar refractivity (Wildman–Crippen MR) is 120 cm³/mol. The van der Waals surface area contributed by atoms with E-state index in [1.807, 2.05) is 31.0 Å². The Morgan fingerprint density at radius 1 is 1.11 bits per heavy atom. The number of benzene rings is 1. The lowest BCUT2D eigenvalue weighted by atomic mass is 9.79. The van der Waals surface area contributed by atoms with E-state index in [1.165, 1.54) is 49.8 Å². The van der Waals surface area contributed by atoms with Crippen molar-refractivity contribution in [3.8, 4) is 0 Å². The highest BCUT2D eigenvalue weighted by Gasteiger charge is 2.39. The van der Waals surface area contributed by atoms with E-state index < -0.39 is 0 Å². The second-order valence-corrected chi connectivity index (χ2v) is 9.72. The van der Waals surface area contributed by atoms with E-state index in [4.69, 9.17) is 0 Å². The summed E-state index contributed by atoms with van der Waals surface area (Å²) in [5, 5.41) is 3.31. The van der Waals surface area contributed by atoms with E-state index in [1.54, 1.807) is 0 Å². The molecule has 0 aromatic heterocycles. The fourth-order valence-electron chi connectivity index (χ4n) is 4.74. The third-order valence-corrected chi connectivity index (χ3v) is 7.70. The zero-order chi connectivity index (χ0) is 20.0. The van der Waals surface area contributed by atoms with E-state index in [9.17, 15) is 4.79 Å². The van der Waals surface area contributed by atoms with Gasteiger partial charge in [-0.1, -0.05) is 55.8 Å². The molecule has 0 bridgehead atoms. The second-order valence-electron chi connectivity index (χ2n) is 8.54. The number of carbonyl (C=O) groups excluding carboxylic acids is 1. The van der Waals surface area contributed by atoms with Crippen LogP contribution in [0.2, 0.25) is 0 Å². The largest absolute Gasteiger partial charge is 0.350 e. The van der Waals surface area contributed by atoms with E-state index in [0.29, 0.717) is 0 Å². The van der Waals surface area contributed by atoms with E-state index in [0.717, 1.165) is 43.9 Å². The van der Waals surface area contributed by atoms with Gasteiger partial charge >= 0.3 is 0 Å². The van der Waals surface area contributed by atoms with Gasteiger partial charge in [0.05, 0.1) is 0 Å². The summed E-state index contributed by atoms with van der Waals surface area (Å²) in [4.78, 5) is 15.6. The van der Waals surface area contributed by atoms with Gasteiger partial charge in [-0.05, 0) is 44.7 Å². The Labute approximate surface area is 175 Å². The van der Waals surface area contributed by atoms with Crippen LogP contribution in [-0.4, -0.2) is 59.1 Å². The molecule has 2 fully saturated rings. The van der Waals surface area contributed by atoms with Gasteiger partial charge in [0.25, 0.3) is 5.91 Å². The highest BCUT2D eigenvalue weighted by molar-refractivity contribution is 7.97. The first-order valence-corrected chi connectivity index (χ1v) is 12.0. The Morgan fingerprint density at radius 2 is 1.82 bits per heavy atom. The Bertz CT molecular complexity index is 649. The first-order valence-electron chi connectivity index (χ1n) is 11.0. The molecule has 3 rings (SSSR count). The number of carbonyl (C=O) groups is 1. The van der Waals surface area contributed by atoms with Crippen molar-refractivity contribution < 1.29 is 4.79 Å². The van der Waals surface area contributed by atoms with Crippen LogP contribution in [0.15, 0.2) is 18.2 Å². The lowest BCUT2D eigenvalue weighted by Gasteiger charge is -2.49. The molecule has 1 aromatic carbocycles. The van der Waals surface area contributed by atoms with Gasteiger partial charge in [-0.2, -0.15) is 0 Å². The lowest BCUT2D eigenvalue weighted by molar-refractivity contribution is 0.0256. The van der Waals surface area contributed by atoms with Gasteiger partial charge in [-0.15, -0.1) is 0 Å². The first kappa shape index (κ1) is 21.7. The smallest absolute Gasteiger partial charge is 0.251 e. The van der Waals surface area contributed by atoms with Crippen molar-refractivity contribution in [1.29, 1.82) is 0 Å². The van der Waals surface area contributed by atoms with Crippen LogP contribution >= 0.6 is 11.9 Å². The maximum absolute atomic E-state index is 12.9. The van der Waals surface area contributed by atoms with Crippen LogP contribution < -0.4 is 5.32 Å². The number of nitrogens with one attached hydrogen (secondary N) is 1. The summed E-state index contributed by atoms with van der Waals surface area (Å²) in [5.41, 5.74) is 3.24. The second kappa shape index (κ2) is 10.1. The van der Waals surface area contributed by atoms with Crippen LogP contribution in [0, 0.1) is 13.8 Å². The molecule has 5 heteroatoms. The molecule has 156 valence electrons. The van der Waals surface area contributed by atoms with Crippen LogP contribution in [0.4, 0.5) is 0 Å². The van der Waals surface area contributed by atoms with Crippen molar-refractivity contribution >= 4 is 17.9 Å². The van der Waals surface area contributed by atoms with Crippen molar-refractivity contribution in [1.82, 2.24) is 14.5 Å². The van der Waals surface area contributed by atoms with Crippen LogP contribution in [0.3, 0.4) is 0 Å². The fourth-order valence-corrected chi connectivity index (χ4v) is 5.60. The third kappa shape index (κ3) is 5.31. The average Bonchev–Trinajstić information content (AvgIpc) is 2.71. The van der Waals surface area contributed by atoms with Crippen LogP contribution in [0.25, 0.3) is 0 Å². The molecular weight excluding hydrogens is 366 g/mol. The van der Waals surface area contributed by atoms with Crippen molar-refractivity contribution in [2.75, 3.05) is 38.5 Å². The third-order valence-electron chi connectivity index (χ3n) is 6.38. The molecule has 1 aromatic rings.